The molecule has 1 atom stereocenters. The topological polar surface area (TPSA) is 65.5 Å². The number of carboxylic acid groups (broad SMARTS) is 1. The molecule has 5 nitrogen and oxygen atoms in total. The van der Waals surface area contributed by atoms with Crippen molar-refractivity contribution in [2.75, 3.05) is 25.0 Å². The van der Waals surface area contributed by atoms with Crippen LogP contribution in [0, 0.1) is 17.5 Å². The molecule has 0 aliphatic carbocycles. The number of para-hydroxylation sites is 1. The van der Waals surface area contributed by atoms with Crippen molar-refractivity contribution in [1.82, 2.24) is 9.88 Å². The van der Waals surface area contributed by atoms with Crippen LogP contribution in [0.25, 0.3) is 0 Å². The first-order chi connectivity index (χ1) is 16.3. The van der Waals surface area contributed by atoms with Gasteiger partial charge in [-0.25, -0.2) is 0 Å². The largest absolute Gasteiger partial charge is 0.483 e. The van der Waals surface area contributed by atoms with Crippen molar-refractivity contribution in [3.8, 4) is 0 Å². The SMILES string of the molecule is Cc1ccc(C(C)(C)N2CCC(CCc3ccc(F)s3)(CNc3ccccc3)C2)cn1.O=CO. The number of likely N-dealkylation sites (tertiary alicyclic amines) is 1. The summed E-state index contributed by atoms with van der Waals surface area (Å²) in [5.74, 6) is 0. The Bertz CT molecular complexity index is 1040. The molecule has 3 heterocycles. The summed E-state index contributed by atoms with van der Waals surface area (Å²) in [4.78, 5) is 16.6. The fourth-order valence-electron chi connectivity index (χ4n) is 4.58. The number of rotatable bonds is 8. The second kappa shape index (κ2) is 11.6. The van der Waals surface area contributed by atoms with Crippen LogP contribution in [0.2, 0.25) is 0 Å². The highest BCUT2D eigenvalue weighted by Crippen LogP contribution is 2.42. The minimum atomic E-state index is -0.250. The lowest BCUT2D eigenvalue weighted by molar-refractivity contribution is -0.122. The molecule has 7 heteroatoms. The van der Waals surface area contributed by atoms with Crippen LogP contribution in [0.1, 0.15) is 42.8 Å². The summed E-state index contributed by atoms with van der Waals surface area (Å²) in [6.45, 7) is 9.37. The van der Waals surface area contributed by atoms with Gasteiger partial charge >= 0.3 is 0 Å². The van der Waals surface area contributed by atoms with E-state index >= 15 is 0 Å². The predicted octanol–water partition coefficient (Wildman–Crippen LogP) is 5.96. The summed E-state index contributed by atoms with van der Waals surface area (Å²) in [5, 5.41) is 10.5. The highest BCUT2D eigenvalue weighted by Gasteiger charge is 2.43. The second-order valence-corrected chi connectivity index (χ2v) is 10.6. The lowest BCUT2D eigenvalue weighted by atomic mass is 9.81. The first kappa shape index (κ1) is 25.8. The third-order valence-corrected chi connectivity index (χ3v) is 7.75. The molecule has 0 bridgehead atoms. The quantitative estimate of drug-likeness (QED) is 0.387. The predicted molar refractivity (Wildman–Crippen MR) is 137 cm³/mol. The van der Waals surface area contributed by atoms with E-state index < -0.39 is 0 Å². The van der Waals surface area contributed by atoms with Gasteiger partial charge in [0.05, 0.1) is 0 Å². The minimum Gasteiger partial charge on any atom is -0.483 e. The molecule has 34 heavy (non-hydrogen) atoms. The van der Waals surface area contributed by atoms with Gasteiger partial charge in [-0.1, -0.05) is 24.3 Å². The summed E-state index contributed by atoms with van der Waals surface area (Å²) >= 11 is 1.28. The Morgan fingerprint density at radius 1 is 1.21 bits per heavy atom. The van der Waals surface area contributed by atoms with Gasteiger partial charge in [0.15, 0.2) is 5.13 Å². The van der Waals surface area contributed by atoms with Crippen LogP contribution in [0.5, 0.6) is 0 Å². The number of pyridine rings is 1. The van der Waals surface area contributed by atoms with E-state index in [9.17, 15) is 4.39 Å². The number of aromatic nitrogens is 1. The smallest absolute Gasteiger partial charge is 0.290 e. The molecule has 1 aliphatic heterocycles. The molecule has 0 amide bonds. The van der Waals surface area contributed by atoms with E-state index in [-0.39, 0.29) is 22.6 Å². The maximum absolute atomic E-state index is 13.5. The van der Waals surface area contributed by atoms with E-state index in [1.165, 1.54) is 16.9 Å². The fourth-order valence-corrected chi connectivity index (χ4v) is 5.31. The molecule has 1 aromatic carbocycles. The van der Waals surface area contributed by atoms with E-state index in [0.717, 1.165) is 55.2 Å². The van der Waals surface area contributed by atoms with Gasteiger partial charge in [0.2, 0.25) is 0 Å². The van der Waals surface area contributed by atoms with Crippen molar-refractivity contribution in [2.24, 2.45) is 5.41 Å². The van der Waals surface area contributed by atoms with Crippen molar-refractivity contribution < 1.29 is 14.3 Å². The van der Waals surface area contributed by atoms with E-state index in [4.69, 9.17) is 9.90 Å². The second-order valence-electron chi connectivity index (χ2n) is 9.45. The molecule has 1 fully saturated rings. The normalized spacial score (nSPS) is 18.2. The van der Waals surface area contributed by atoms with Gasteiger partial charge in [-0.3, -0.25) is 14.7 Å². The van der Waals surface area contributed by atoms with Crippen LogP contribution in [0.4, 0.5) is 10.1 Å². The maximum Gasteiger partial charge on any atom is 0.290 e. The molecule has 0 radical (unpaired) electrons. The fraction of sp³-hybridized carbons (Fsp3) is 0.407. The monoisotopic (exact) mass is 483 g/mol. The Hall–Kier alpha value is -2.77. The third-order valence-electron chi connectivity index (χ3n) is 6.82. The highest BCUT2D eigenvalue weighted by molar-refractivity contribution is 7.10. The van der Waals surface area contributed by atoms with Gasteiger partial charge in [-0.15, -0.1) is 11.3 Å². The number of halogens is 1. The van der Waals surface area contributed by atoms with Crippen LogP contribution in [0.3, 0.4) is 0 Å². The number of carbonyl (C=O) groups is 1. The number of aryl methyl sites for hydroxylation is 2. The number of hydrogen-bond donors (Lipinski definition) is 2. The Morgan fingerprint density at radius 3 is 2.56 bits per heavy atom. The van der Waals surface area contributed by atoms with Crippen LogP contribution in [0.15, 0.2) is 60.8 Å². The van der Waals surface area contributed by atoms with Gasteiger partial charge in [-0.05, 0) is 82.5 Å². The average molecular weight is 484 g/mol. The first-order valence-electron chi connectivity index (χ1n) is 11.6. The van der Waals surface area contributed by atoms with Crippen LogP contribution in [-0.2, 0) is 16.8 Å². The van der Waals surface area contributed by atoms with Crippen molar-refractivity contribution in [1.29, 1.82) is 0 Å². The first-order valence-corrected chi connectivity index (χ1v) is 12.4. The zero-order chi connectivity index (χ0) is 24.6. The van der Waals surface area contributed by atoms with E-state index in [0.29, 0.717) is 0 Å². The number of nitrogens with zero attached hydrogens (tertiary/aromatic N) is 2. The highest BCUT2D eigenvalue weighted by atomic mass is 32.1. The number of hydrogen-bond acceptors (Lipinski definition) is 5. The van der Waals surface area contributed by atoms with Crippen LogP contribution < -0.4 is 5.32 Å². The van der Waals surface area contributed by atoms with Crippen LogP contribution in [-0.4, -0.2) is 41.1 Å². The molecule has 1 unspecified atom stereocenters. The van der Waals surface area contributed by atoms with Crippen LogP contribution >= 0.6 is 11.3 Å². The van der Waals surface area contributed by atoms with Gasteiger partial charge in [-0.2, -0.15) is 4.39 Å². The van der Waals surface area contributed by atoms with Crippen molar-refractivity contribution >= 4 is 23.5 Å². The van der Waals surface area contributed by atoms with Crippen molar-refractivity contribution in [3.05, 3.63) is 82.1 Å². The Morgan fingerprint density at radius 2 is 1.94 bits per heavy atom. The molecular weight excluding hydrogens is 449 g/mol. The minimum absolute atomic E-state index is 0.0791. The molecular formula is C27H34FN3O2S. The summed E-state index contributed by atoms with van der Waals surface area (Å²) in [7, 11) is 0. The maximum atomic E-state index is 13.5. The molecule has 0 saturated carbocycles. The molecule has 1 aliphatic rings. The number of anilines is 1. The number of nitrogens with one attached hydrogen (secondary N) is 1. The summed E-state index contributed by atoms with van der Waals surface area (Å²) in [6.07, 6.45) is 5.12. The number of benzene rings is 1. The lowest BCUT2D eigenvalue weighted by Crippen LogP contribution is -2.43. The van der Waals surface area contributed by atoms with E-state index in [2.05, 4.69) is 65.4 Å². The van der Waals surface area contributed by atoms with Gasteiger partial charge in [0.25, 0.3) is 6.47 Å². The van der Waals surface area contributed by atoms with E-state index in [1.54, 1.807) is 6.07 Å². The van der Waals surface area contributed by atoms with E-state index in [1.807, 2.05) is 25.3 Å². The Balaban J connectivity index is 0.00000103. The summed E-state index contributed by atoms with van der Waals surface area (Å²) in [5.41, 5.74) is 3.52. The lowest BCUT2D eigenvalue weighted by Gasteiger charge is -2.38. The van der Waals surface area contributed by atoms with Gasteiger partial charge in [0.1, 0.15) is 0 Å². The molecule has 2 N–H and O–H groups in total. The summed E-state index contributed by atoms with van der Waals surface area (Å²) < 4.78 is 13.5. The molecule has 3 aromatic rings. The average Bonchev–Trinajstić information content (AvgIpc) is 3.45. The molecule has 4 rings (SSSR count). The third kappa shape index (κ3) is 6.64. The molecule has 182 valence electrons. The molecule has 2 aromatic heterocycles. The zero-order valence-corrected chi connectivity index (χ0v) is 20.9. The van der Waals surface area contributed by atoms with Crippen molar-refractivity contribution in [3.63, 3.8) is 0 Å². The zero-order valence-electron chi connectivity index (χ0n) is 20.1. The standard InChI is InChI=1S/C26H32FN3S.CH2O2/c1-20-9-10-21(17-28-20)25(2,3)30-16-15-26(19-30,14-13-23-11-12-24(27)31-23)18-29-22-7-5-4-6-8-22;2-1-3/h4-12,17,29H,13-16,18-19H2,1-3H3;1H,(H,2,3). The molecule has 0 spiro atoms. The number of thiophene rings is 1. The van der Waals surface area contributed by atoms with Crippen molar-refractivity contribution in [2.45, 2.75) is 45.6 Å². The Labute approximate surface area is 205 Å². The summed E-state index contributed by atoms with van der Waals surface area (Å²) in [6, 6.07) is 18.3. The molecule has 1 saturated heterocycles. The van der Waals surface area contributed by atoms with Gasteiger partial charge < -0.3 is 10.4 Å². The Kier molecular flexibility index (Phi) is 8.80. The van der Waals surface area contributed by atoms with Gasteiger partial charge in [0, 0.05) is 46.5 Å².